The Labute approximate surface area is 115 Å². The molecule has 5 nitrogen and oxygen atoms in total. The summed E-state index contributed by atoms with van der Waals surface area (Å²) in [7, 11) is 1.59. The molecule has 0 saturated heterocycles. The molecule has 0 aliphatic heterocycles. The van der Waals surface area contributed by atoms with E-state index in [1.54, 1.807) is 19.4 Å². The molecule has 3 rings (SSSR count). The first-order chi connectivity index (χ1) is 9.70. The molecule has 1 aromatic carbocycles. The van der Waals surface area contributed by atoms with Gasteiger partial charge in [0.1, 0.15) is 17.1 Å². The number of fused-ring (bicyclic) bond motifs is 1. The normalized spacial score (nSPS) is 10.7. The monoisotopic (exact) mass is 267 g/mol. The third-order valence-electron chi connectivity index (χ3n) is 3.10. The Morgan fingerprint density at radius 2 is 1.80 bits per heavy atom. The predicted molar refractivity (Wildman–Crippen MR) is 75.7 cm³/mol. The molecule has 0 aliphatic rings. The summed E-state index contributed by atoms with van der Waals surface area (Å²) in [6.45, 7) is 1.94. The Hall–Kier alpha value is -2.69. The lowest BCUT2D eigenvalue weighted by atomic mass is 10.1. The highest BCUT2D eigenvalue weighted by molar-refractivity contribution is 5.96. The number of aryl methyl sites for hydroxylation is 1. The topological polar surface area (TPSA) is 68.1 Å². The van der Waals surface area contributed by atoms with Gasteiger partial charge in [0, 0.05) is 17.0 Å². The van der Waals surface area contributed by atoms with Gasteiger partial charge in [-0.2, -0.15) is 0 Å². The van der Waals surface area contributed by atoms with Crippen molar-refractivity contribution in [3.05, 3.63) is 42.1 Å². The van der Waals surface area contributed by atoms with Crippen LogP contribution >= 0.6 is 0 Å². The second kappa shape index (κ2) is 4.77. The molecule has 100 valence electrons. The van der Waals surface area contributed by atoms with Gasteiger partial charge in [0.05, 0.1) is 7.11 Å². The zero-order chi connectivity index (χ0) is 14.1. The number of aromatic nitrogens is 3. The maximum Gasteiger partial charge on any atom is 0.238 e. The summed E-state index contributed by atoms with van der Waals surface area (Å²) >= 11 is 0. The molecule has 0 spiro atoms. The number of ether oxygens (including phenoxy) is 1. The van der Waals surface area contributed by atoms with Crippen LogP contribution in [0.5, 0.6) is 11.6 Å². The molecule has 0 amide bonds. The summed E-state index contributed by atoms with van der Waals surface area (Å²) in [5.41, 5.74) is 2.21. The van der Waals surface area contributed by atoms with E-state index in [4.69, 9.17) is 4.74 Å². The zero-order valence-corrected chi connectivity index (χ0v) is 11.2. The summed E-state index contributed by atoms with van der Waals surface area (Å²) in [5, 5.41) is 19.1. The van der Waals surface area contributed by atoms with Crippen LogP contribution < -0.4 is 4.74 Å². The van der Waals surface area contributed by atoms with Gasteiger partial charge in [-0.05, 0) is 24.6 Å². The molecule has 0 fully saturated rings. The number of pyridine rings is 1. The van der Waals surface area contributed by atoms with E-state index in [1.807, 2.05) is 31.2 Å². The second-order valence-corrected chi connectivity index (χ2v) is 4.48. The van der Waals surface area contributed by atoms with E-state index in [0.29, 0.717) is 22.5 Å². The minimum absolute atomic E-state index is 0.0876. The molecule has 0 bridgehead atoms. The summed E-state index contributed by atoms with van der Waals surface area (Å²) in [5.74, 6) is 0.547. The fraction of sp³-hybridized carbons (Fsp3) is 0.133. The average Bonchev–Trinajstić information content (AvgIpc) is 2.48. The van der Waals surface area contributed by atoms with Crippen LogP contribution in [0.4, 0.5) is 0 Å². The van der Waals surface area contributed by atoms with Crippen LogP contribution in [-0.2, 0) is 0 Å². The largest absolute Gasteiger partial charge is 0.494 e. The number of hydrogen-bond acceptors (Lipinski definition) is 5. The van der Waals surface area contributed by atoms with Crippen LogP contribution in [-0.4, -0.2) is 27.4 Å². The summed E-state index contributed by atoms with van der Waals surface area (Å²) in [6.07, 6.45) is 1.75. The molecular formula is C15H13N3O2. The van der Waals surface area contributed by atoms with Crippen LogP contribution in [0.15, 0.2) is 36.5 Å². The maximum absolute atomic E-state index is 9.79. The van der Waals surface area contributed by atoms with Gasteiger partial charge in [-0.15, -0.1) is 10.2 Å². The van der Waals surface area contributed by atoms with Crippen LogP contribution in [0.1, 0.15) is 5.56 Å². The number of methoxy groups -OCH3 is 1. The van der Waals surface area contributed by atoms with Crippen molar-refractivity contribution in [2.75, 3.05) is 7.11 Å². The lowest BCUT2D eigenvalue weighted by Crippen LogP contribution is -1.97. The average molecular weight is 267 g/mol. The van der Waals surface area contributed by atoms with Gasteiger partial charge in [-0.3, -0.25) is 4.98 Å². The Balaban J connectivity index is 2.33. The van der Waals surface area contributed by atoms with Crippen LogP contribution in [0.2, 0.25) is 0 Å². The number of hydrogen-bond donors (Lipinski definition) is 1. The Bertz CT molecular complexity index is 787. The van der Waals surface area contributed by atoms with Gasteiger partial charge in [0.2, 0.25) is 5.88 Å². The summed E-state index contributed by atoms with van der Waals surface area (Å²) in [6, 6.07) is 9.29. The molecule has 0 radical (unpaired) electrons. The van der Waals surface area contributed by atoms with Gasteiger partial charge >= 0.3 is 0 Å². The highest BCUT2D eigenvalue weighted by atomic mass is 16.5. The minimum Gasteiger partial charge on any atom is -0.494 e. The van der Waals surface area contributed by atoms with E-state index in [2.05, 4.69) is 15.2 Å². The van der Waals surface area contributed by atoms with Crippen molar-refractivity contribution in [3.63, 3.8) is 0 Å². The first-order valence-corrected chi connectivity index (χ1v) is 6.16. The maximum atomic E-state index is 9.79. The SMILES string of the molecule is COc1cc(C)cnc1-c1nnc(O)c2ccccc12. The molecular weight excluding hydrogens is 254 g/mol. The zero-order valence-electron chi connectivity index (χ0n) is 11.2. The fourth-order valence-corrected chi connectivity index (χ4v) is 2.14. The number of nitrogens with zero attached hydrogens (tertiary/aromatic N) is 3. The van der Waals surface area contributed by atoms with Crippen LogP contribution in [0.25, 0.3) is 22.2 Å². The lowest BCUT2D eigenvalue weighted by molar-refractivity contribution is 0.414. The van der Waals surface area contributed by atoms with Gasteiger partial charge in [-0.1, -0.05) is 18.2 Å². The lowest BCUT2D eigenvalue weighted by Gasteiger charge is -2.10. The van der Waals surface area contributed by atoms with Gasteiger partial charge in [-0.25, -0.2) is 0 Å². The third-order valence-corrected chi connectivity index (χ3v) is 3.10. The van der Waals surface area contributed by atoms with Crippen molar-refractivity contribution >= 4 is 10.8 Å². The quantitative estimate of drug-likeness (QED) is 0.773. The first-order valence-electron chi connectivity index (χ1n) is 6.16. The molecule has 5 heteroatoms. The van der Waals surface area contributed by atoms with Crippen molar-refractivity contribution in [1.29, 1.82) is 0 Å². The fourth-order valence-electron chi connectivity index (χ4n) is 2.14. The van der Waals surface area contributed by atoms with Crippen molar-refractivity contribution < 1.29 is 9.84 Å². The van der Waals surface area contributed by atoms with E-state index in [9.17, 15) is 5.11 Å². The van der Waals surface area contributed by atoms with Crippen LogP contribution in [0.3, 0.4) is 0 Å². The first kappa shape index (κ1) is 12.3. The van der Waals surface area contributed by atoms with E-state index >= 15 is 0 Å². The molecule has 0 atom stereocenters. The Kier molecular flexibility index (Phi) is 2.95. The van der Waals surface area contributed by atoms with Gasteiger partial charge in [0.15, 0.2) is 0 Å². The molecule has 1 N–H and O–H groups in total. The molecule has 2 aromatic heterocycles. The smallest absolute Gasteiger partial charge is 0.238 e. The van der Waals surface area contributed by atoms with E-state index in [0.717, 1.165) is 10.9 Å². The van der Waals surface area contributed by atoms with E-state index in [-0.39, 0.29) is 5.88 Å². The Morgan fingerprint density at radius 1 is 1.05 bits per heavy atom. The molecule has 20 heavy (non-hydrogen) atoms. The van der Waals surface area contributed by atoms with Crippen molar-refractivity contribution in [2.24, 2.45) is 0 Å². The van der Waals surface area contributed by atoms with Crippen molar-refractivity contribution in [3.8, 4) is 23.0 Å². The summed E-state index contributed by atoms with van der Waals surface area (Å²) in [4.78, 5) is 4.39. The number of rotatable bonds is 2. The summed E-state index contributed by atoms with van der Waals surface area (Å²) < 4.78 is 5.37. The van der Waals surface area contributed by atoms with Gasteiger partial charge < -0.3 is 9.84 Å². The minimum atomic E-state index is -0.0876. The molecule has 0 saturated carbocycles. The van der Waals surface area contributed by atoms with Crippen molar-refractivity contribution in [2.45, 2.75) is 6.92 Å². The molecule has 0 aliphatic carbocycles. The molecule has 3 aromatic rings. The number of benzene rings is 1. The highest BCUT2D eigenvalue weighted by Crippen LogP contribution is 2.33. The second-order valence-electron chi connectivity index (χ2n) is 4.48. The standard InChI is InChI=1S/C15H13N3O2/c1-9-7-12(20-2)14(16-8-9)13-10-5-3-4-6-11(10)15(19)18-17-13/h3-8H,1-2H3,(H,18,19). The van der Waals surface area contributed by atoms with Crippen molar-refractivity contribution in [1.82, 2.24) is 15.2 Å². The third kappa shape index (κ3) is 1.93. The Morgan fingerprint density at radius 3 is 2.55 bits per heavy atom. The van der Waals surface area contributed by atoms with E-state index < -0.39 is 0 Å². The van der Waals surface area contributed by atoms with Crippen LogP contribution in [0, 0.1) is 6.92 Å². The molecule has 0 unspecified atom stereocenters. The predicted octanol–water partition coefficient (Wildman–Crippen LogP) is 2.71. The number of aromatic hydroxyl groups is 1. The highest BCUT2D eigenvalue weighted by Gasteiger charge is 2.15. The van der Waals surface area contributed by atoms with Gasteiger partial charge in [0.25, 0.3) is 0 Å². The molecule has 2 heterocycles. The van der Waals surface area contributed by atoms with E-state index in [1.165, 1.54) is 0 Å².